The summed E-state index contributed by atoms with van der Waals surface area (Å²) in [5, 5.41) is 3.16. The van der Waals surface area contributed by atoms with Crippen LogP contribution < -0.4 is 10.2 Å². The van der Waals surface area contributed by atoms with Crippen molar-refractivity contribution in [3.8, 4) is 0 Å². The number of rotatable bonds is 3. The lowest BCUT2D eigenvalue weighted by molar-refractivity contribution is 0.102. The normalized spacial score (nSPS) is 15.5. The van der Waals surface area contributed by atoms with E-state index >= 15 is 0 Å². The van der Waals surface area contributed by atoms with Crippen molar-refractivity contribution in [3.05, 3.63) is 47.4 Å². The smallest absolute Gasteiger partial charge is 0.257 e. The van der Waals surface area contributed by atoms with E-state index in [4.69, 9.17) is 11.6 Å². The number of nitrogens with one attached hydrogen (secondary N) is 1. The molecular weight excluding hydrogens is 314 g/mol. The number of aromatic nitrogens is 2. The lowest BCUT2D eigenvalue weighted by Gasteiger charge is -2.33. The fourth-order valence-corrected chi connectivity index (χ4v) is 2.51. The first-order valence-electron chi connectivity index (χ1n) is 7.44. The molecule has 0 unspecified atom stereocenters. The SMILES string of the molecule is CN1CCN(c2ccc(NC(=O)c3ccc(Cl)nc3)cn2)CC1. The number of carbonyl (C=O) groups is 1. The maximum Gasteiger partial charge on any atom is 0.257 e. The molecule has 23 heavy (non-hydrogen) atoms. The van der Waals surface area contributed by atoms with Crippen molar-refractivity contribution >= 4 is 29.0 Å². The number of pyridine rings is 2. The second-order valence-electron chi connectivity index (χ2n) is 5.52. The second kappa shape index (κ2) is 6.93. The Kier molecular flexibility index (Phi) is 4.73. The van der Waals surface area contributed by atoms with Crippen molar-refractivity contribution in [2.45, 2.75) is 0 Å². The van der Waals surface area contributed by atoms with Gasteiger partial charge in [0.05, 0.1) is 17.4 Å². The van der Waals surface area contributed by atoms with Gasteiger partial charge in [-0.2, -0.15) is 0 Å². The van der Waals surface area contributed by atoms with Crippen LogP contribution in [0.1, 0.15) is 10.4 Å². The van der Waals surface area contributed by atoms with E-state index in [1.165, 1.54) is 6.20 Å². The van der Waals surface area contributed by atoms with Gasteiger partial charge < -0.3 is 15.1 Å². The van der Waals surface area contributed by atoms with E-state index < -0.39 is 0 Å². The number of hydrogen-bond acceptors (Lipinski definition) is 5. The molecule has 1 aliphatic rings. The van der Waals surface area contributed by atoms with E-state index in [1.54, 1.807) is 18.3 Å². The van der Waals surface area contributed by atoms with Gasteiger partial charge in [0, 0.05) is 32.4 Å². The van der Waals surface area contributed by atoms with E-state index in [1.807, 2.05) is 12.1 Å². The zero-order chi connectivity index (χ0) is 16.2. The number of halogens is 1. The standard InChI is InChI=1S/C16H18ClN5O/c1-21-6-8-22(9-7-21)15-5-3-13(11-19-15)20-16(23)12-2-4-14(17)18-10-12/h2-5,10-11H,6-9H2,1H3,(H,20,23). The first kappa shape index (κ1) is 15.7. The lowest BCUT2D eigenvalue weighted by Crippen LogP contribution is -2.44. The summed E-state index contributed by atoms with van der Waals surface area (Å²) in [6, 6.07) is 7.02. The van der Waals surface area contributed by atoms with Crippen molar-refractivity contribution in [1.29, 1.82) is 0 Å². The minimum Gasteiger partial charge on any atom is -0.354 e. The molecule has 0 saturated carbocycles. The summed E-state index contributed by atoms with van der Waals surface area (Å²) < 4.78 is 0. The van der Waals surface area contributed by atoms with E-state index in [0.717, 1.165) is 32.0 Å². The number of carbonyl (C=O) groups excluding carboxylic acids is 1. The predicted molar refractivity (Wildman–Crippen MR) is 91.1 cm³/mol. The number of amides is 1. The van der Waals surface area contributed by atoms with Crippen LogP contribution in [0.15, 0.2) is 36.7 Å². The summed E-state index contributed by atoms with van der Waals surface area (Å²) in [6.45, 7) is 3.99. The Bertz CT molecular complexity index is 666. The summed E-state index contributed by atoms with van der Waals surface area (Å²) in [6.07, 6.45) is 3.12. The van der Waals surface area contributed by atoms with Crippen molar-refractivity contribution in [1.82, 2.24) is 14.9 Å². The quantitative estimate of drug-likeness (QED) is 0.873. The Morgan fingerprint density at radius 2 is 1.87 bits per heavy atom. The van der Waals surface area contributed by atoms with Crippen LogP contribution in [0.4, 0.5) is 11.5 Å². The van der Waals surface area contributed by atoms with Crippen molar-refractivity contribution in [3.63, 3.8) is 0 Å². The van der Waals surface area contributed by atoms with E-state index in [2.05, 4.69) is 32.1 Å². The number of piperazine rings is 1. The van der Waals surface area contributed by atoms with Crippen LogP contribution in [0.5, 0.6) is 0 Å². The second-order valence-corrected chi connectivity index (χ2v) is 5.91. The Morgan fingerprint density at radius 3 is 2.48 bits per heavy atom. The molecule has 3 rings (SSSR count). The van der Waals surface area contributed by atoms with Crippen LogP contribution in [0.2, 0.25) is 5.15 Å². The van der Waals surface area contributed by atoms with Crippen molar-refractivity contribution in [2.75, 3.05) is 43.4 Å². The first-order chi connectivity index (χ1) is 11.1. The summed E-state index contributed by atoms with van der Waals surface area (Å²) in [7, 11) is 2.12. The van der Waals surface area contributed by atoms with Crippen LogP contribution in [0.25, 0.3) is 0 Å². The average molecular weight is 332 g/mol. The Hall–Kier alpha value is -2.18. The van der Waals surface area contributed by atoms with Crippen LogP contribution in [0, 0.1) is 0 Å². The van der Waals surface area contributed by atoms with Gasteiger partial charge in [0.25, 0.3) is 5.91 Å². The molecule has 2 aromatic rings. The van der Waals surface area contributed by atoms with Crippen molar-refractivity contribution < 1.29 is 4.79 Å². The summed E-state index contributed by atoms with van der Waals surface area (Å²) in [5.74, 6) is 0.701. The van der Waals surface area contributed by atoms with Crippen LogP contribution in [-0.2, 0) is 0 Å². The molecule has 1 N–H and O–H groups in total. The van der Waals surface area contributed by atoms with E-state index in [-0.39, 0.29) is 5.91 Å². The molecule has 0 aromatic carbocycles. The predicted octanol–water partition coefficient (Wildman–Crippen LogP) is 2.13. The lowest BCUT2D eigenvalue weighted by atomic mass is 10.2. The molecule has 1 fully saturated rings. The monoisotopic (exact) mass is 331 g/mol. The van der Waals surface area contributed by atoms with Crippen molar-refractivity contribution in [2.24, 2.45) is 0 Å². The molecule has 2 aromatic heterocycles. The molecule has 120 valence electrons. The van der Waals surface area contributed by atoms with Crippen LogP contribution in [-0.4, -0.2) is 54.0 Å². The molecular formula is C16H18ClN5O. The largest absolute Gasteiger partial charge is 0.354 e. The molecule has 0 radical (unpaired) electrons. The van der Waals surface area contributed by atoms with Gasteiger partial charge in [-0.1, -0.05) is 11.6 Å². The van der Waals surface area contributed by atoms with Gasteiger partial charge >= 0.3 is 0 Å². The molecule has 6 nitrogen and oxygen atoms in total. The van der Waals surface area contributed by atoms with Crippen LogP contribution >= 0.6 is 11.6 Å². The maximum atomic E-state index is 12.1. The highest BCUT2D eigenvalue weighted by Crippen LogP contribution is 2.16. The number of likely N-dealkylation sites (N-methyl/N-ethyl adjacent to an activating group) is 1. The van der Waals surface area contributed by atoms with Gasteiger partial charge in [0.15, 0.2) is 0 Å². The Labute approximate surface area is 140 Å². The van der Waals surface area contributed by atoms with Gasteiger partial charge in [0.1, 0.15) is 11.0 Å². The highest BCUT2D eigenvalue weighted by atomic mass is 35.5. The van der Waals surface area contributed by atoms with Crippen LogP contribution in [0.3, 0.4) is 0 Å². The Morgan fingerprint density at radius 1 is 1.09 bits per heavy atom. The zero-order valence-electron chi connectivity index (χ0n) is 12.9. The van der Waals surface area contributed by atoms with Gasteiger partial charge in [-0.3, -0.25) is 4.79 Å². The number of anilines is 2. The molecule has 0 spiro atoms. The molecule has 0 bridgehead atoms. The third-order valence-corrected chi connectivity index (χ3v) is 4.05. The molecule has 1 saturated heterocycles. The van der Waals surface area contributed by atoms with Gasteiger partial charge in [-0.25, -0.2) is 9.97 Å². The summed E-state index contributed by atoms with van der Waals surface area (Å²) in [5.41, 5.74) is 1.11. The average Bonchev–Trinajstić information content (AvgIpc) is 2.57. The maximum absolute atomic E-state index is 12.1. The molecule has 1 amide bonds. The minimum absolute atomic E-state index is 0.233. The molecule has 0 aliphatic carbocycles. The third kappa shape index (κ3) is 3.97. The van der Waals surface area contributed by atoms with Gasteiger partial charge in [0.2, 0.25) is 0 Å². The highest BCUT2D eigenvalue weighted by Gasteiger charge is 2.15. The summed E-state index contributed by atoms with van der Waals surface area (Å²) in [4.78, 5) is 25.0. The summed E-state index contributed by atoms with van der Waals surface area (Å²) >= 11 is 5.72. The fourth-order valence-electron chi connectivity index (χ4n) is 2.40. The molecule has 0 atom stereocenters. The third-order valence-electron chi connectivity index (χ3n) is 3.82. The molecule has 1 aliphatic heterocycles. The molecule has 3 heterocycles. The number of nitrogens with zero attached hydrogens (tertiary/aromatic N) is 4. The van der Waals surface area contributed by atoms with Gasteiger partial charge in [-0.05, 0) is 31.3 Å². The minimum atomic E-state index is -0.233. The highest BCUT2D eigenvalue weighted by molar-refractivity contribution is 6.29. The Balaban J connectivity index is 1.63. The van der Waals surface area contributed by atoms with Gasteiger partial charge in [-0.15, -0.1) is 0 Å². The topological polar surface area (TPSA) is 61.4 Å². The fraction of sp³-hybridized carbons (Fsp3) is 0.312. The number of hydrogen-bond donors (Lipinski definition) is 1. The van der Waals surface area contributed by atoms with E-state index in [9.17, 15) is 4.79 Å². The first-order valence-corrected chi connectivity index (χ1v) is 7.82. The molecule has 7 heteroatoms. The zero-order valence-corrected chi connectivity index (χ0v) is 13.6. The van der Waals surface area contributed by atoms with E-state index in [0.29, 0.717) is 16.4 Å².